The van der Waals surface area contributed by atoms with Crippen LogP contribution in [0, 0.1) is 0 Å². The second kappa shape index (κ2) is 17.8. The van der Waals surface area contributed by atoms with E-state index in [-0.39, 0.29) is 18.9 Å². The van der Waals surface area contributed by atoms with Gasteiger partial charge in [-0.05, 0) is 36.0 Å². The molecular weight excluding hydrogens is 454 g/mol. The summed E-state index contributed by atoms with van der Waals surface area (Å²) in [6.45, 7) is 1.53. The van der Waals surface area contributed by atoms with Gasteiger partial charge in [0.1, 0.15) is 0 Å². The Bertz CT molecular complexity index is 214. The van der Waals surface area contributed by atoms with E-state index in [0.717, 1.165) is 13.2 Å². The molecule has 0 fully saturated rings. The molecule has 0 spiro atoms. The lowest BCUT2D eigenvalue weighted by Crippen LogP contribution is -1.77. The fourth-order valence-electron chi connectivity index (χ4n) is 0.184. The van der Waals surface area contributed by atoms with E-state index < -0.39 is 5.91 Å². The van der Waals surface area contributed by atoms with E-state index >= 15 is 0 Å². The van der Waals surface area contributed by atoms with Crippen molar-refractivity contribution >= 4 is 88.7 Å². The molecule has 16 heavy (non-hydrogen) atoms. The number of hydrogen-bond acceptors (Lipinski definition) is 3. The van der Waals surface area contributed by atoms with Crippen LogP contribution in [0.4, 0.5) is 0 Å². The summed E-state index contributed by atoms with van der Waals surface area (Å²) >= 11 is 2.56. The molecule has 1 N–H and O–H groups in total. The summed E-state index contributed by atoms with van der Waals surface area (Å²) in [5.41, 5.74) is 0. The fourth-order valence-corrected chi connectivity index (χ4v) is 29.0. The number of halogens is 1. The van der Waals surface area contributed by atoms with Crippen LogP contribution in [0.2, 0.25) is 0 Å². The van der Waals surface area contributed by atoms with E-state index in [0.29, 0.717) is 0 Å². The molecule has 0 aromatic rings. The number of carbonyl (C=O) groups excluding carboxylic acids is 2. The number of amides is 1. The molecule has 0 bridgehead atoms. The van der Waals surface area contributed by atoms with Crippen LogP contribution in [0.15, 0.2) is 4.99 Å². The van der Waals surface area contributed by atoms with Gasteiger partial charge in [-0.25, -0.2) is 4.79 Å². The van der Waals surface area contributed by atoms with Gasteiger partial charge in [-0.2, -0.15) is 0 Å². The van der Waals surface area contributed by atoms with Gasteiger partial charge in [-0.3, -0.25) is 4.79 Å². The normalized spacial score (nSPS) is 8.69. The monoisotopic (exact) mass is 469 g/mol. The first-order valence-electron chi connectivity index (χ1n) is 3.40. The highest BCUT2D eigenvalue weighted by Crippen LogP contribution is 3.00. The molecule has 96 valence electrons. The Morgan fingerprint density at radius 2 is 1.56 bits per heavy atom. The number of aliphatic hydroxyl groups excluding tert-OH is 1. The van der Waals surface area contributed by atoms with Gasteiger partial charge in [0.25, 0.3) is 5.91 Å². The zero-order valence-electron chi connectivity index (χ0n) is 8.74. The summed E-state index contributed by atoms with van der Waals surface area (Å²) in [6, 6.07) is 0. The molecular formula is C4H15INO3P7. The van der Waals surface area contributed by atoms with Crippen LogP contribution < -0.4 is 0 Å². The van der Waals surface area contributed by atoms with Crippen LogP contribution in [-0.2, 0) is 9.59 Å². The highest BCUT2D eigenvalue weighted by atomic mass is 127. The van der Waals surface area contributed by atoms with Gasteiger partial charge in [0, 0.05) is 19.0 Å². The van der Waals surface area contributed by atoms with E-state index in [1.54, 1.807) is 0 Å². The number of carbonyl (C=O) groups is 1. The molecule has 0 rings (SSSR count). The van der Waals surface area contributed by atoms with Crippen LogP contribution in [0.1, 0.15) is 6.92 Å². The summed E-state index contributed by atoms with van der Waals surface area (Å²) < 4.78 is 0. The maximum absolute atomic E-state index is 9.61. The Morgan fingerprint density at radius 3 is 1.56 bits per heavy atom. The Morgan fingerprint density at radius 1 is 1.25 bits per heavy atom. The number of aliphatic hydroxyl groups is 1. The van der Waals surface area contributed by atoms with Crippen LogP contribution in [-0.4, -0.2) is 24.2 Å². The SMILES string of the molecule is CC(=O)N=C=O.CO.PP(P)P(I)P(P)P. The standard InChI is InChI=1S/C3H3NO2.CH4O.H8IP7/c1-3(6)4-2-5;1-2;1-6(7(2)3)8(4)5/h1H3;2H,1H3;2-5H2. The maximum Gasteiger partial charge on any atom is 0.253 e. The molecule has 1 amide bonds. The van der Waals surface area contributed by atoms with Gasteiger partial charge >= 0.3 is 0 Å². The van der Waals surface area contributed by atoms with Gasteiger partial charge in [-0.1, -0.05) is 0 Å². The van der Waals surface area contributed by atoms with Crippen molar-refractivity contribution in [3.63, 3.8) is 0 Å². The van der Waals surface area contributed by atoms with Gasteiger partial charge < -0.3 is 5.11 Å². The molecule has 0 saturated heterocycles. The quantitative estimate of drug-likeness (QED) is 0.285. The molecule has 0 heterocycles. The Balaban J connectivity index is -0.000000188. The van der Waals surface area contributed by atoms with Gasteiger partial charge in [-0.15, -0.1) is 40.7 Å². The topological polar surface area (TPSA) is 66.7 Å². The van der Waals surface area contributed by atoms with Crippen LogP contribution in [0.5, 0.6) is 0 Å². The third-order valence-corrected chi connectivity index (χ3v) is 48.6. The molecule has 0 aromatic heterocycles. The molecule has 12 heteroatoms. The van der Waals surface area contributed by atoms with Crippen molar-refractivity contribution in [2.75, 3.05) is 7.11 Å². The first kappa shape index (κ1) is 23.8. The van der Waals surface area contributed by atoms with Crippen molar-refractivity contribution in [2.24, 2.45) is 4.99 Å². The smallest absolute Gasteiger partial charge is 0.253 e. The molecule has 4 unspecified atom stereocenters. The lowest BCUT2D eigenvalue weighted by Gasteiger charge is -2.16. The molecule has 4 atom stereocenters. The first-order chi connectivity index (χ1) is 7.32. The van der Waals surface area contributed by atoms with Gasteiger partial charge in [0.15, 0.2) is 0 Å². The number of rotatable bonds is 2. The largest absolute Gasteiger partial charge is 0.400 e. The Labute approximate surface area is 122 Å². The summed E-state index contributed by atoms with van der Waals surface area (Å²) in [6.07, 6.45) is 1.09. The molecule has 0 aliphatic carbocycles. The minimum absolute atomic E-state index is 0.171. The number of aliphatic imine (C=N–C) groups is 1. The predicted molar refractivity (Wildman–Crippen MR) is 101 cm³/mol. The summed E-state index contributed by atoms with van der Waals surface area (Å²) in [7, 11) is 12.5. The van der Waals surface area contributed by atoms with Crippen LogP contribution >= 0.6 is 76.7 Å². The first-order valence-corrected chi connectivity index (χ1v) is 18.1. The lowest BCUT2D eigenvalue weighted by molar-refractivity contribution is -0.115. The molecule has 0 radical (unpaired) electrons. The van der Waals surface area contributed by atoms with Gasteiger partial charge in [0.2, 0.25) is 6.08 Å². The van der Waals surface area contributed by atoms with E-state index in [2.05, 4.69) is 62.7 Å². The van der Waals surface area contributed by atoms with Crippen LogP contribution in [0.25, 0.3) is 0 Å². The fraction of sp³-hybridized carbons (Fsp3) is 0.500. The van der Waals surface area contributed by atoms with Crippen molar-refractivity contribution in [2.45, 2.75) is 6.92 Å². The van der Waals surface area contributed by atoms with Crippen molar-refractivity contribution in [1.82, 2.24) is 0 Å². The maximum atomic E-state index is 9.61. The summed E-state index contributed by atoms with van der Waals surface area (Å²) in [4.78, 5) is 21.7. The van der Waals surface area contributed by atoms with E-state index in [4.69, 9.17) is 9.90 Å². The van der Waals surface area contributed by atoms with E-state index in [1.165, 1.54) is 6.92 Å². The van der Waals surface area contributed by atoms with Gasteiger partial charge in [0.05, 0.1) is 0 Å². The predicted octanol–water partition coefficient (Wildman–Crippen LogP) is 4.25. The lowest BCUT2D eigenvalue weighted by atomic mass is 10.8. The highest BCUT2D eigenvalue weighted by Gasteiger charge is 2.11. The Kier molecular flexibility index (Phi) is 26.4. The minimum atomic E-state index is -0.509. The summed E-state index contributed by atoms with van der Waals surface area (Å²) in [5, 5.41) is 7.00. The Hall–Kier alpha value is 2.75. The van der Waals surface area contributed by atoms with E-state index in [9.17, 15) is 4.79 Å². The third kappa shape index (κ3) is 22.0. The molecule has 0 aliphatic heterocycles. The van der Waals surface area contributed by atoms with Crippen molar-refractivity contribution in [3.05, 3.63) is 0 Å². The zero-order valence-corrected chi connectivity index (χ0v) is 18.2. The second-order valence-electron chi connectivity index (χ2n) is 1.72. The highest BCUT2D eigenvalue weighted by molar-refractivity contribution is 14.2. The molecule has 0 aliphatic rings. The number of hydrogen-bond donors (Lipinski definition) is 1. The van der Waals surface area contributed by atoms with Crippen LogP contribution in [0.3, 0.4) is 0 Å². The average Bonchev–Trinajstić information content (AvgIpc) is 2.20. The van der Waals surface area contributed by atoms with Crippen molar-refractivity contribution in [1.29, 1.82) is 0 Å². The van der Waals surface area contributed by atoms with E-state index in [1.807, 2.05) is 0 Å². The van der Waals surface area contributed by atoms with Crippen molar-refractivity contribution < 1.29 is 14.7 Å². The zero-order chi connectivity index (χ0) is 13.7. The molecule has 0 aromatic carbocycles. The minimum Gasteiger partial charge on any atom is -0.400 e. The number of isocyanates is 1. The van der Waals surface area contributed by atoms with Crippen molar-refractivity contribution in [3.8, 4) is 0 Å². The molecule has 4 nitrogen and oxygen atoms in total. The second-order valence-corrected chi connectivity index (χ2v) is 32.8. The number of nitrogens with zero attached hydrogens (tertiary/aromatic N) is 1. The molecule has 0 saturated carbocycles. The summed E-state index contributed by atoms with van der Waals surface area (Å²) in [5.74, 6) is -0.509. The third-order valence-electron chi connectivity index (χ3n) is 0.584. The average molecular weight is 469 g/mol.